The molecule has 0 saturated heterocycles. The third kappa shape index (κ3) is 4.95. The van der Waals surface area contributed by atoms with E-state index in [0.717, 1.165) is 0 Å². The molecule has 11 heteroatoms. The van der Waals surface area contributed by atoms with Crippen molar-refractivity contribution in [2.75, 3.05) is 12.3 Å². The average Bonchev–Trinajstić information content (AvgIpc) is 3.39. The number of carbonyl (C=O) groups excluding carboxylic acids is 1. The summed E-state index contributed by atoms with van der Waals surface area (Å²) in [6.45, 7) is 6.47. The van der Waals surface area contributed by atoms with Gasteiger partial charge >= 0.3 is 0 Å². The molecule has 0 fully saturated rings. The van der Waals surface area contributed by atoms with Crippen molar-refractivity contribution in [2.45, 2.75) is 13.5 Å². The number of carbonyl (C=O) groups is 1. The molecular weight excluding hydrogens is 386 g/mol. The summed E-state index contributed by atoms with van der Waals surface area (Å²) in [6, 6.07) is 0. The molecule has 5 N–H and O–H groups in total. The first-order valence-corrected chi connectivity index (χ1v) is 9.00. The average molecular weight is 407 g/mol. The summed E-state index contributed by atoms with van der Waals surface area (Å²) in [5.74, 6) is 0.600. The van der Waals surface area contributed by atoms with Crippen LogP contribution in [0.5, 0.6) is 0 Å². The number of rotatable bonds is 8. The number of anilines is 1. The van der Waals surface area contributed by atoms with Crippen LogP contribution in [0.4, 0.5) is 5.95 Å². The van der Waals surface area contributed by atoms with Crippen molar-refractivity contribution in [1.29, 1.82) is 0 Å². The standard InChI is InChI=1S/C19H21N9O2/c1-3-22-16(29)11-28-10-15(9-25-28)18-26-17(27-30-18)13(6-20)5-4-12(2)14-7-23-19(21)24-8-14/h4-10H,2-3,11,20H2,1H3,(H,22,29)(H2,21,23,24)/b5-4-,13-6+. The van der Waals surface area contributed by atoms with Crippen LogP contribution in [0.2, 0.25) is 0 Å². The number of likely N-dealkylation sites (N-methyl/N-ethyl adjacent to an activating group) is 1. The van der Waals surface area contributed by atoms with Crippen molar-refractivity contribution < 1.29 is 9.32 Å². The van der Waals surface area contributed by atoms with E-state index in [0.29, 0.717) is 34.6 Å². The molecule has 0 aliphatic carbocycles. The minimum absolute atomic E-state index is 0.0997. The van der Waals surface area contributed by atoms with Crippen LogP contribution in [-0.4, -0.2) is 42.3 Å². The van der Waals surface area contributed by atoms with E-state index in [4.69, 9.17) is 16.0 Å². The summed E-state index contributed by atoms with van der Waals surface area (Å²) < 4.78 is 6.79. The van der Waals surface area contributed by atoms with Gasteiger partial charge in [0.15, 0.2) is 0 Å². The molecule has 3 rings (SSSR count). The van der Waals surface area contributed by atoms with Crippen LogP contribution in [0.1, 0.15) is 18.3 Å². The van der Waals surface area contributed by atoms with Crippen LogP contribution < -0.4 is 16.8 Å². The Morgan fingerprint density at radius 3 is 2.77 bits per heavy atom. The van der Waals surface area contributed by atoms with Gasteiger partial charge in [0.2, 0.25) is 17.7 Å². The topological polar surface area (TPSA) is 164 Å². The molecule has 0 radical (unpaired) electrons. The Hall–Kier alpha value is -4.28. The van der Waals surface area contributed by atoms with Crippen molar-refractivity contribution in [3.8, 4) is 11.5 Å². The van der Waals surface area contributed by atoms with Crippen molar-refractivity contribution >= 4 is 23.0 Å². The van der Waals surface area contributed by atoms with Crippen molar-refractivity contribution in [3.05, 3.63) is 61.1 Å². The van der Waals surface area contributed by atoms with Gasteiger partial charge in [-0.05, 0) is 18.6 Å². The molecule has 3 aromatic heterocycles. The number of allylic oxidation sites excluding steroid dienone is 4. The van der Waals surface area contributed by atoms with Gasteiger partial charge in [0.1, 0.15) is 6.54 Å². The van der Waals surface area contributed by atoms with Gasteiger partial charge in [-0.15, -0.1) is 0 Å². The Morgan fingerprint density at radius 2 is 2.07 bits per heavy atom. The maximum atomic E-state index is 11.7. The van der Waals surface area contributed by atoms with Crippen LogP contribution in [0.15, 0.2) is 54.2 Å². The molecule has 30 heavy (non-hydrogen) atoms. The summed E-state index contributed by atoms with van der Waals surface area (Å²) in [7, 11) is 0. The van der Waals surface area contributed by atoms with Gasteiger partial charge in [0, 0.05) is 42.5 Å². The van der Waals surface area contributed by atoms with Crippen LogP contribution in [0, 0.1) is 0 Å². The van der Waals surface area contributed by atoms with E-state index >= 15 is 0 Å². The highest BCUT2D eigenvalue weighted by atomic mass is 16.5. The second kappa shape index (κ2) is 9.28. The molecule has 11 nitrogen and oxygen atoms in total. The molecule has 0 atom stereocenters. The van der Waals surface area contributed by atoms with Crippen molar-refractivity contribution in [1.82, 2.24) is 35.2 Å². The number of hydrogen-bond acceptors (Lipinski definition) is 9. The first-order valence-electron chi connectivity index (χ1n) is 9.00. The zero-order valence-corrected chi connectivity index (χ0v) is 16.3. The number of hydrogen-bond donors (Lipinski definition) is 3. The molecule has 0 spiro atoms. The number of aromatic nitrogens is 6. The molecule has 3 aromatic rings. The molecule has 154 valence electrons. The highest BCUT2D eigenvalue weighted by Gasteiger charge is 2.14. The van der Waals surface area contributed by atoms with E-state index in [-0.39, 0.29) is 24.3 Å². The zero-order valence-electron chi connectivity index (χ0n) is 16.3. The second-order valence-corrected chi connectivity index (χ2v) is 6.11. The van der Waals surface area contributed by atoms with Gasteiger partial charge in [0.05, 0.1) is 11.8 Å². The molecule has 0 aromatic carbocycles. The van der Waals surface area contributed by atoms with E-state index in [1.165, 1.54) is 10.9 Å². The lowest BCUT2D eigenvalue weighted by Gasteiger charge is -2.00. The van der Waals surface area contributed by atoms with E-state index in [2.05, 4.69) is 37.1 Å². The maximum absolute atomic E-state index is 11.7. The molecule has 0 bridgehead atoms. The van der Waals surface area contributed by atoms with Gasteiger partial charge in [-0.2, -0.15) is 10.1 Å². The summed E-state index contributed by atoms with van der Waals surface area (Å²) in [5.41, 5.74) is 13.7. The van der Waals surface area contributed by atoms with Gasteiger partial charge in [-0.25, -0.2) is 9.97 Å². The summed E-state index contributed by atoms with van der Waals surface area (Å²) in [4.78, 5) is 23.9. The molecule has 0 unspecified atom stereocenters. The Bertz CT molecular complexity index is 1090. The lowest BCUT2D eigenvalue weighted by atomic mass is 10.1. The highest BCUT2D eigenvalue weighted by molar-refractivity contribution is 5.78. The minimum Gasteiger partial charge on any atom is -0.404 e. The van der Waals surface area contributed by atoms with Gasteiger partial charge in [0.25, 0.3) is 5.89 Å². The van der Waals surface area contributed by atoms with Gasteiger partial charge < -0.3 is 21.3 Å². The molecule has 0 saturated carbocycles. The fourth-order valence-corrected chi connectivity index (χ4v) is 2.41. The quantitative estimate of drug-likeness (QED) is 0.462. The van der Waals surface area contributed by atoms with Crippen molar-refractivity contribution in [2.24, 2.45) is 5.73 Å². The third-order valence-electron chi connectivity index (χ3n) is 3.93. The minimum atomic E-state index is -0.136. The Kier molecular flexibility index (Phi) is 6.33. The van der Waals surface area contributed by atoms with Gasteiger partial charge in [-0.1, -0.05) is 17.8 Å². The first-order chi connectivity index (χ1) is 14.5. The normalized spacial score (nSPS) is 11.7. The summed E-state index contributed by atoms with van der Waals surface area (Å²) in [5, 5.41) is 10.8. The fraction of sp³-hybridized carbons (Fsp3) is 0.158. The molecule has 1 amide bonds. The predicted octanol–water partition coefficient (Wildman–Crippen LogP) is 1.01. The summed E-state index contributed by atoms with van der Waals surface area (Å²) >= 11 is 0. The smallest absolute Gasteiger partial charge is 0.261 e. The van der Waals surface area contributed by atoms with Crippen LogP contribution in [0.25, 0.3) is 22.6 Å². The third-order valence-corrected chi connectivity index (χ3v) is 3.93. The molecule has 0 aliphatic heterocycles. The lowest BCUT2D eigenvalue weighted by Crippen LogP contribution is -2.27. The molecule has 0 aliphatic rings. The van der Waals surface area contributed by atoms with E-state index in [9.17, 15) is 4.79 Å². The Balaban J connectivity index is 1.71. The fourth-order valence-electron chi connectivity index (χ4n) is 2.41. The van der Waals surface area contributed by atoms with Gasteiger partial charge in [-0.3, -0.25) is 9.48 Å². The predicted molar refractivity (Wildman–Crippen MR) is 111 cm³/mol. The molecule has 3 heterocycles. The second-order valence-electron chi connectivity index (χ2n) is 6.11. The number of nitrogens with two attached hydrogens (primary N) is 2. The van der Waals surface area contributed by atoms with E-state index < -0.39 is 0 Å². The van der Waals surface area contributed by atoms with Crippen LogP contribution in [-0.2, 0) is 11.3 Å². The maximum Gasteiger partial charge on any atom is 0.261 e. The SMILES string of the molecule is C=C(/C=C\C(=C/N)c1noc(-c2cnn(CC(=O)NCC)c2)n1)c1cnc(N)nc1. The number of nitrogen functional groups attached to an aromatic ring is 1. The van der Waals surface area contributed by atoms with Crippen LogP contribution >= 0.6 is 0 Å². The first kappa shape index (κ1) is 20.5. The monoisotopic (exact) mass is 407 g/mol. The number of nitrogens with zero attached hydrogens (tertiary/aromatic N) is 6. The summed E-state index contributed by atoms with van der Waals surface area (Å²) in [6.07, 6.45) is 11.1. The highest BCUT2D eigenvalue weighted by Crippen LogP contribution is 2.21. The largest absolute Gasteiger partial charge is 0.404 e. The number of nitrogens with one attached hydrogen (secondary N) is 1. The Morgan fingerprint density at radius 1 is 1.30 bits per heavy atom. The zero-order chi connectivity index (χ0) is 21.5. The van der Waals surface area contributed by atoms with Crippen LogP contribution in [0.3, 0.4) is 0 Å². The Labute approximate surface area is 172 Å². The van der Waals surface area contributed by atoms with E-state index in [1.54, 1.807) is 36.9 Å². The van der Waals surface area contributed by atoms with E-state index in [1.807, 2.05) is 6.92 Å². The molecular formula is C19H21N9O2. The van der Waals surface area contributed by atoms with Crippen molar-refractivity contribution in [3.63, 3.8) is 0 Å². The number of amides is 1. The lowest BCUT2D eigenvalue weighted by molar-refractivity contribution is -0.121.